The van der Waals surface area contributed by atoms with E-state index >= 15 is 0 Å². The first-order valence-electron chi connectivity index (χ1n) is 5.09. The molecule has 1 atom stereocenters. The number of nitrogens with zero attached hydrogens (tertiary/aromatic N) is 1. The van der Waals surface area contributed by atoms with Crippen LogP contribution in [0.1, 0.15) is 19.0 Å². The van der Waals surface area contributed by atoms with Crippen LogP contribution in [-0.4, -0.2) is 18.1 Å². The molecule has 0 radical (unpaired) electrons. The average Bonchev–Trinajstić information content (AvgIpc) is 2.71. The van der Waals surface area contributed by atoms with Crippen molar-refractivity contribution in [1.29, 1.82) is 5.26 Å². The number of rotatable bonds is 6. The van der Waals surface area contributed by atoms with E-state index in [-0.39, 0.29) is 5.92 Å². The van der Waals surface area contributed by atoms with Crippen LogP contribution in [0.15, 0.2) is 18.3 Å². The minimum absolute atomic E-state index is 0.152. The lowest BCUT2D eigenvalue weighted by atomic mass is 10.1. The van der Waals surface area contributed by atoms with Crippen LogP contribution >= 0.6 is 0 Å². The van der Waals surface area contributed by atoms with Crippen LogP contribution < -0.4 is 5.32 Å². The van der Waals surface area contributed by atoms with Crippen LogP contribution in [0.2, 0.25) is 0 Å². The lowest BCUT2D eigenvalue weighted by Crippen LogP contribution is -2.23. The molecule has 3 heteroatoms. The number of hydrogen-bond acceptors (Lipinski definition) is 2. The standard InChI is InChI=1S/C11H17N3/c1-2-10(8-12)9-13-7-5-11-4-3-6-14-11/h3-4,6,10,13-14H,2,5,7,9H2,1H3. The van der Waals surface area contributed by atoms with E-state index in [2.05, 4.69) is 22.4 Å². The van der Waals surface area contributed by atoms with Gasteiger partial charge in [0.15, 0.2) is 0 Å². The highest BCUT2D eigenvalue weighted by Gasteiger charge is 2.02. The molecule has 14 heavy (non-hydrogen) atoms. The van der Waals surface area contributed by atoms with Gasteiger partial charge in [-0.15, -0.1) is 0 Å². The molecule has 0 aliphatic heterocycles. The maximum Gasteiger partial charge on any atom is 0.0669 e. The van der Waals surface area contributed by atoms with Gasteiger partial charge in [-0.25, -0.2) is 0 Å². The fourth-order valence-electron chi connectivity index (χ4n) is 1.30. The molecule has 2 N–H and O–H groups in total. The zero-order valence-electron chi connectivity index (χ0n) is 8.59. The Kier molecular flexibility index (Phi) is 4.81. The number of aromatic nitrogens is 1. The summed E-state index contributed by atoms with van der Waals surface area (Å²) in [6, 6.07) is 6.35. The summed E-state index contributed by atoms with van der Waals surface area (Å²) >= 11 is 0. The first kappa shape index (κ1) is 10.8. The van der Waals surface area contributed by atoms with Gasteiger partial charge in [0.05, 0.1) is 12.0 Å². The van der Waals surface area contributed by atoms with Gasteiger partial charge in [-0.1, -0.05) is 6.92 Å². The van der Waals surface area contributed by atoms with Gasteiger partial charge in [-0.2, -0.15) is 5.26 Å². The topological polar surface area (TPSA) is 51.6 Å². The van der Waals surface area contributed by atoms with Gasteiger partial charge in [0.1, 0.15) is 0 Å². The predicted molar refractivity (Wildman–Crippen MR) is 56.8 cm³/mol. The van der Waals surface area contributed by atoms with Crippen molar-refractivity contribution in [3.63, 3.8) is 0 Å². The minimum Gasteiger partial charge on any atom is -0.365 e. The van der Waals surface area contributed by atoms with Gasteiger partial charge in [0, 0.05) is 25.0 Å². The Morgan fingerprint density at radius 2 is 2.50 bits per heavy atom. The van der Waals surface area contributed by atoms with Gasteiger partial charge in [0.25, 0.3) is 0 Å². The van der Waals surface area contributed by atoms with Gasteiger partial charge in [-0.3, -0.25) is 0 Å². The Balaban J connectivity index is 2.08. The highest BCUT2D eigenvalue weighted by Crippen LogP contribution is 1.98. The molecule has 76 valence electrons. The first-order chi connectivity index (χ1) is 6.86. The summed E-state index contributed by atoms with van der Waals surface area (Å²) in [6.45, 7) is 3.77. The molecular formula is C11H17N3. The fraction of sp³-hybridized carbons (Fsp3) is 0.545. The summed E-state index contributed by atoms with van der Waals surface area (Å²) in [7, 11) is 0. The molecule has 0 amide bonds. The van der Waals surface area contributed by atoms with Crippen molar-refractivity contribution in [3.8, 4) is 6.07 Å². The summed E-state index contributed by atoms with van der Waals surface area (Å²) in [4.78, 5) is 3.15. The Bertz CT molecular complexity index is 271. The molecule has 3 nitrogen and oxygen atoms in total. The Morgan fingerprint density at radius 1 is 1.64 bits per heavy atom. The summed E-state index contributed by atoms with van der Waals surface area (Å²) < 4.78 is 0. The summed E-state index contributed by atoms with van der Waals surface area (Å²) in [5.74, 6) is 0.152. The third kappa shape index (κ3) is 3.63. The Morgan fingerprint density at radius 3 is 3.07 bits per heavy atom. The number of aromatic amines is 1. The monoisotopic (exact) mass is 191 g/mol. The molecule has 0 aromatic carbocycles. The van der Waals surface area contributed by atoms with Crippen molar-refractivity contribution in [1.82, 2.24) is 10.3 Å². The number of nitriles is 1. The van der Waals surface area contributed by atoms with Crippen LogP contribution in [-0.2, 0) is 6.42 Å². The molecule has 0 saturated carbocycles. The van der Waals surface area contributed by atoms with Gasteiger partial charge < -0.3 is 10.3 Å². The normalized spacial score (nSPS) is 12.3. The van der Waals surface area contributed by atoms with E-state index in [4.69, 9.17) is 5.26 Å². The van der Waals surface area contributed by atoms with Gasteiger partial charge >= 0.3 is 0 Å². The van der Waals surface area contributed by atoms with Crippen molar-refractivity contribution in [3.05, 3.63) is 24.0 Å². The predicted octanol–water partition coefficient (Wildman–Crippen LogP) is 1.70. The molecule has 0 bridgehead atoms. The van der Waals surface area contributed by atoms with Crippen molar-refractivity contribution >= 4 is 0 Å². The number of H-pyrrole nitrogens is 1. The molecule has 1 rings (SSSR count). The molecule has 0 fully saturated rings. The largest absolute Gasteiger partial charge is 0.365 e. The second-order valence-electron chi connectivity index (χ2n) is 3.38. The summed E-state index contributed by atoms with van der Waals surface area (Å²) in [5, 5.41) is 12.0. The zero-order chi connectivity index (χ0) is 10.2. The van der Waals surface area contributed by atoms with Crippen LogP contribution in [0.4, 0.5) is 0 Å². The van der Waals surface area contributed by atoms with Crippen molar-refractivity contribution in [2.45, 2.75) is 19.8 Å². The highest BCUT2D eigenvalue weighted by atomic mass is 14.9. The van der Waals surface area contributed by atoms with E-state index in [0.717, 1.165) is 25.9 Å². The average molecular weight is 191 g/mol. The van der Waals surface area contributed by atoms with Gasteiger partial charge in [0.2, 0.25) is 0 Å². The quantitative estimate of drug-likeness (QED) is 0.672. The second-order valence-corrected chi connectivity index (χ2v) is 3.38. The van der Waals surface area contributed by atoms with E-state index in [1.807, 2.05) is 19.2 Å². The molecule has 1 heterocycles. The maximum absolute atomic E-state index is 8.71. The van der Waals surface area contributed by atoms with E-state index in [1.54, 1.807) is 0 Å². The summed E-state index contributed by atoms with van der Waals surface area (Å²) in [5.41, 5.74) is 1.24. The zero-order valence-corrected chi connectivity index (χ0v) is 8.59. The first-order valence-corrected chi connectivity index (χ1v) is 5.09. The van der Waals surface area contributed by atoms with Crippen LogP contribution in [0.3, 0.4) is 0 Å². The Hall–Kier alpha value is -1.27. The fourth-order valence-corrected chi connectivity index (χ4v) is 1.30. The Labute approximate surface area is 85.1 Å². The number of hydrogen-bond donors (Lipinski definition) is 2. The van der Waals surface area contributed by atoms with E-state index in [1.165, 1.54) is 5.69 Å². The van der Waals surface area contributed by atoms with Gasteiger partial charge in [-0.05, 0) is 25.0 Å². The summed E-state index contributed by atoms with van der Waals surface area (Å²) in [6.07, 6.45) is 3.85. The van der Waals surface area contributed by atoms with Crippen molar-refractivity contribution in [2.24, 2.45) is 5.92 Å². The van der Waals surface area contributed by atoms with E-state index < -0.39 is 0 Å². The SMILES string of the molecule is CCC(C#N)CNCCc1ccc[nH]1. The lowest BCUT2D eigenvalue weighted by Gasteiger charge is -2.06. The molecule has 1 aromatic heterocycles. The van der Waals surface area contributed by atoms with E-state index in [9.17, 15) is 0 Å². The smallest absolute Gasteiger partial charge is 0.0669 e. The van der Waals surface area contributed by atoms with Crippen molar-refractivity contribution in [2.75, 3.05) is 13.1 Å². The molecular weight excluding hydrogens is 174 g/mol. The lowest BCUT2D eigenvalue weighted by molar-refractivity contribution is 0.553. The third-order valence-electron chi connectivity index (χ3n) is 2.30. The third-order valence-corrected chi connectivity index (χ3v) is 2.30. The van der Waals surface area contributed by atoms with Crippen molar-refractivity contribution < 1.29 is 0 Å². The number of nitrogens with one attached hydrogen (secondary N) is 2. The molecule has 1 aromatic rings. The molecule has 1 unspecified atom stereocenters. The minimum atomic E-state index is 0.152. The van der Waals surface area contributed by atoms with Crippen LogP contribution in [0.5, 0.6) is 0 Å². The van der Waals surface area contributed by atoms with Crippen LogP contribution in [0, 0.1) is 17.2 Å². The molecule has 0 saturated heterocycles. The van der Waals surface area contributed by atoms with Crippen LogP contribution in [0.25, 0.3) is 0 Å². The molecule has 0 aliphatic rings. The molecule has 0 aliphatic carbocycles. The highest BCUT2D eigenvalue weighted by molar-refractivity contribution is 5.03. The van der Waals surface area contributed by atoms with E-state index in [0.29, 0.717) is 0 Å². The second kappa shape index (κ2) is 6.22. The molecule has 0 spiro atoms. The maximum atomic E-state index is 8.71.